The highest BCUT2D eigenvalue weighted by atomic mass is 35.5. The van der Waals surface area contributed by atoms with Crippen LogP contribution in [0.5, 0.6) is 11.5 Å². The SMILES string of the molecule is Cc1cccc(OCCN2C(=O)S/C(=C\c3cc(Cl)ccc3OCC(=O)Nc3ccc(C)c(Cl)c3)C2=O)c1. The predicted molar refractivity (Wildman–Crippen MR) is 151 cm³/mol. The number of nitrogens with zero attached hydrogens (tertiary/aromatic N) is 1. The van der Waals surface area contributed by atoms with E-state index in [1.807, 2.05) is 38.1 Å². The molecule has 0 spiro atoms. The summed E-state index contributed by atoms with van der Waals surface area (Å²) in [6.45, 7) is 3.81. The highest BCUT2D eigenvalue weighted by molar-refractivity contribution is 8.18. The van der Waals surface area contributed by atoms with Crippen molar-refractivity contribution in [2.45, 2.75) is 13.8 Å². The van der Waals surface area contributed by atoms with Crippen molar-refractivity contribution < 1.29 is 23.9 Å². The van der Waals surface area contributed by atoms with Crippen molar-refractivity contribution in [2.24, 2.45) is 0 Å². The highest BCUT2D eigenvalue weighted by Gasteiger charge is 2.35. The molecule has 0 atom stereocenters. The molecular formula is C28H24Cl2N2O5S. The molecule has 3 aromatic carbocycles. The number of thioether (sulfide) groups is 1. The Morgan fingerprint density at radius 3 is 2.61 bits per heavy atom. The van der Waals surface area contributed by atoms with Crippen molar-refractivity contribution in [3.05, 3.63) is 92.3 Å². The van der Waals surface area contributed by atoms with Gasteiger partial charge >= 0.3 is 0 Å². The summed E-state index contributed by atoms with van der Waals surface area (Å²) in [6.07, 6.45) is 1.53. The van der Waals surface area contributed by atoms with Crippen LogP contribution in [0.15, 0.2) is 65.6 Å². The van der Waals surface area contributed by atoms with Gasteiger partial charge in [-0.2, -0.15) is 0 Å². The first kappa shape index (κ1) is 27.6. The summed E-state index contributed by atoms with van der Waals surface area (Å²) in [6, 6.07) is 17.5. The summed E-state index contributed by atoms with van der Waals surface area (Å²) >= 11 is 13.1. The van der Waals surface area contributed by atoms with Gasteiger partial charge in [-0.05, 0) is 85.3 Å². The minimum Gasteiger partial charge on any atom is -0.492 e. The molecule has 0 saturated carbocycles. The van der Waals surface area contributed by atoms with Crippen molar-refractivity contribution in [3.63, 3.8) is 0 Å². The Bertz CT molecular complexity index is 1430. The molecule has 0 aliphatic carbocycles. The van der Waals surface area contributed by atoms with Crippen molar-refractivity contribution in [1.82, 2.24) is 4.90 Å². The van der Waals surface area contributed by atoms with Crippen LogP contribution in [0.3, 0.4) is 0 Å². The van der Waals surface area contributed by atoms with Crippen LogP contribution in [0, 0.1) is 13.8 Å². The van der Waals surface area contributed by atoms with Crippen LogP contribution in [-0.2, 0) is 9.59 Å². The lowest BCUT2D eigenvalue weighted by Crippen LogP contribution is -2.32. The Balaban J connectivity index is 1.40. The number of benzene rings is 3. The smallest absolute Gasteiger partial charge is 0.293 e. The van der Waals surface area contributed by atoms with Crippen LogP contribution < -0.4 is 14.8 Å². The van der Waals surface area contributed by atoms with E-state index in [-0.39, 0.29) is 30.6 Å². The molecule has 1 heterocycles. The van der Waals surface area contributed by atoms with Crippen LogP contribution in [0.4, 0.5) is 10.5 Å². The van der Waals surface area contributed by atoms with E-state index in [2.05, 4.69) is 5.32 Å². The molecule has 3 amide bonds. The molecule has 4 rings (SSSR count). The van der Waals surface area contributed by atoms with Gasteiger partial charge in [-0.3, -0.25) is 19.3 Å². The van der Waals surface area contributed by atoms with Gasteiger partial charge in [0.15, 0.2) is 6.61 Å². The third kappa shape index (κ3) is 7.10. The molecule has 0 radical (unpaired) electrons. The lowest BCUT2D eigenvalue weighted by molar-refractivity contribution is -0.123. The van der Waals surface area contributed by atoms with Gasteiger partial charge in [0, 0.05) is 21.3 Å². The monoisotopic (exact) mass is 570 g/mol. The number of amides is 3. The fraction of sp³-hybridized carbons (Fsp3) is 0.179. The average Bonchev–Trinajstić information content (AvgIpc) is 3.13. The van der Waals surface area contributed by atoms with Crippen molar-refractivity contribution >= 4 is 63.8 Å². The van der Waals surface area contributed by atoms with E-state index in [0.29, 0.717) is 32.8 Å². The predicted octanol–water partition coefficient (Wildman–Crippen LogP) is 6.74. The second-order valence-corrected chi connectivity index (χ2v) is 10.3. The van der Waals surface area contributed by atoms with E-state index < -0.39 is 11.1 Å². The van der Waals surface area contributed by atoms with Gasteiger partial charge in [-0.25, -0.2) is 0 Å². The van der Waals surface area contributed by atoms with E-state index in [9.17, 15) is 14.4 Å². The van der Waals surface area contributed by atoms with Gasteiger partial charge in [-0.1, -0.05) is 41.4 Å². The van der Waals surface area contributed by atoms with E-state index in [4.69, 9.17) is 32.7 Å². The normalized spacial score (nSPS) is 14.2. The van der Waals surface area contributed by atoms with Crippen molar-refractivity contribution in [2.75, 3.05) is 25.1 Å². The quantitative estimate of drug-likeness (QED) is 0.286. The Kier molecular flexibility index (Phi) is 8.99. The summed E-state index contributed by atoms with van der Waals surface area (Å²) in [5, 5.41) is 3.28. The fourth-order valence-corrected chi connectivity index (χ4v) is 4.79. The number of halogens is 2. The molecule has 0 unspecified atom stereocenters. The third-order valence-electron chi connectivity index (χ3n) is 5.52. The zero-order valence-corrected chi connectivity index (χ0v) is 23.0. The molecule has 1 aliphatic heterocycles. The summed E-state index contributed by atoms with van der Waals surface area (Å²) < 4.78 is 11.4. The summed E-state index contributed by atoms with van der Waals surface area (Å²) in [5.41, 5.74) is 2.96. The number of carbonyl (C=O) groups excluding carboxylic acids is 3. The largest absolute Gasteiger partial charge is 0.492 e. The lowest BCUT2D eigenvalue weighted by atomic mass is 10.2. The molecule has 3 aromatic rings. The molecular weight excluding hydrogens is 547 g/mol. The van der Waals surface area contributed by atoms with Gasteiger partial charge in [0.2, 0.25) is 0 Å². The van der Waals surface area contributed by atoms with Crippen LogP contribution in [0.1, 0.15) is 16.7 Å². The van der Waals surface area contributed by atoms with E-state index in [0.717, 1.165) is 27.8 Å². The number of nitrogens with one attached hydrogen (secondary N) is 1. The van der Waals surface area contributed by atoms with Gasteiger partial charge in [0.05, 0.1) is 11.4 Å². The second kappa shape index (κ2) is 12.4. The first-order valence-corrected chi connectivity index (χ1v) is 13.2. The molecule has 38 heavy (non-hydrogen) atoms. The molecule has 0 aromatic heterocycles. The number of hydrogen-bond acceptors (Lipinski definition) is 6. The lowest BCUT2D eigenvalue weighted by Gasteiger charge is -2.13. The maximum Gasteiger partial charge on any atom is 0.293 e. The molecule has 1 N–H and O–H groups in total. The van der Waals surface area contributed by atoms with Crippen molar-refractivity contribution in [1.29, 1.82) is 0 Å². The van der Waals surface area contributed by atoms with E-state index in [1.165, 1.54) is 6.08 Å². The minimum absolute atomic E-state index is 0.109. The maximum absolute atomic E-state index is 12.9. The molecule has 10 heteroatoms. The first-order chi connectivity index (χ1) is 18.2. The number of hydrogen-bond donors (Lipinski definition) is 1. The van der Waals surface area contributed by atoms with Gasteiger partial charge in [0.1, 0.15) is 18.1 Å². The van der Waals surface area contributed by atoms with Crippen molar-refractivity contribution in [3.8, 4) is 11.5 Å². The Hall–Kier alpha value is -3.46. The Morgan fingerprint density at radius 2 is 1.84 bits per heavy atom. The first-order valence-electron chi connectivity index (χ1n) is 11.6. The number of anilines is 1. The molecule has 196 valence electrons. The third-order valence-corrected chi connectivity index (χ3v) is 7.07. The van der Waals surface area contributed by atoms with Gasteiger partial charge < -0.3 is 14.8 Å². The van der Waals surface area contributed by atoms with Crippen LogP contribution in [-0.4, -0.2) is 41.7 Å². The Morgan fingerprint density at radius 1 is 1.03 bits per heavy atom. The standard InChI is InChI=1S/C28H24Cl2N2O5S/c1-17-4-3-5-22(12-17)36-11-10-32-27(34)25(38-28(32)35)14-19-13-20(29)7-9-24(19)37-16-26(33)31-21-8-6-18(2)23(30)15-21/h3-9,12-15H,10-11,16H2,1-2H3,(H,31,33)/b25-14-. The van der Waals surface area contributed by atoms with Crippen LogP contribution in [0.2, 0.25) is 10.0 Å². The maximum atomic E-state index is 12.9. The van der Waals surface area contributed by atoms with Gasteiger partial charge in [0.25, 0.3) is 17.1 Å². The van der Waals surface area contributed by atoms with E-state index in [1.54, 1.807) is 36.4 Å². The Labute approximate surface area is 234 Å². The molecule has 0 bridgehead atoms. The fourth-order valence-electron chi connectivity index (χ4n) is 3.57. The summed E-state index contributed by atoms with van der Waals surface area (Å²) in [4.78, 5) is 39.2. The van der Waals surface area contributed by atoms with E-state index >= 15 is 0 Å². The molecule has 1 saturated heterocycles. The summed E-state index contributed by atoms with van der Waals surface area (Å²) in [5.74, 6) is 0.177. The summed E-state index contributed by atoms with van der Waals surface area (Å²) in [7, 11) is 0. The molecule has 1 fully saturated rings. The highest BCUT2D eigenvalue weighted by Crippen LogP contribution is 2.35. The van der Waals surface area contributed by atoms with Gasteiger partial charge in [-0.15, -0.1) is 0 Å². The number of aryl methyl sites for hydroxylation is 2. The number of carbonyl (C=O) groups is 3. The number of imide groups is 1. The minimum atomic E-state index is -0.437. The van der Waals surface area contributed by atoms with Crippen LogP contribution in [0.25, 0.3) is 6.08 Å². The number of rotatable bonds is 9. The molecule has 7 nitrogen and oxygen atoms in total. The average molecular weight is 571 g/mol. The molecule has 1 aliphatic rings. The van der Waals surface area contributed by atoms with Crippen LogP contribution >= 0.6 is 35.0 Å². The zero-order chi connectivity index (χ0) is 27.2. The zero-order valence-electron chi connectivity index (χ0n) is 20.6. The second-order valence-electron chi connectivity index (χ2n) is 8.48. The number of ether oxygens (including phenoxy) is 2. The topological polar surface area (TPSA) is 84.9 Å².